The lowest BCUT2D eigenvalue weighted by atomic mass is 10.3. The minimum Gasteiger partial charge on any atom is -0.254 e. The summed E-state index contributed by atoms with van der Waals surface area (Å²) >= 11 is 4.93. The first-order chi connectivity index (χ1) is 5.72. The zero-order valence-electron chi connectivity index (χ0n) is 6.14. The van der Waals surface area contributed by atoms with E-state index in [1.807, 2.05) is 0 Å². The van der Waals surface area contributed by atoms with Crippen molar-refractivity contribution in [2.75, 3.05) is 12.4 Å². The predicted molar refractivity (Wildman–Crippen MR) is 34.6 cm³/mol. The minimum absolute atomic E-state index is 0.333. The summed E-state index contributed by atoms with van der Waals surface area (Å²) < 4.78 is 70.8. The first-order valence-corrected chi connectivity index (χ1v) is 3.65. The molecule has 0 aliphatic rings. The smallest absolute Gasteiger partial charge is 0.254 e. The predicted octanol–water partition coefficient (Wildman–Crippen LogP) is 2.31. The van der Waals surface area contributed by atoms with Gasteiger partial charge < -0.3 is 0 Å². The first-order valence-electron chi connectivity index (χ1n) is 3.11. The second-order valence-corrected chi connectivity index (χ2v) is 2.52. The summed E-state index contributed by atoms with van der Waals surface area (Å²) in [4.78, 5) is 0. The molecule has 0 fully saturated rings. The Kier molecular flexibility index (Phi) is 4.31. The molecule has 0 bridgehead atoms. The monoisotopic (exact) mass is 229 g/mol. The molecule has 0 aromatic carbocycles. The van der Waals surface area contributed by atoms with E-state index in [2.05, 4.69) is 0 Å². The lowest BCUT2D eigenvalue weighted by Crippen LogP contribution is -2.52. The minimum atomic E-state index is -5.58. The van der Waals surface area contributed by atoms with Gasteiger partial charge in [0.05, 0.1) is 0 Å². The van der Waals surface area contributed by atoms with Gasteiger partial charge in [0.15, 0.2) is 0 Å². The Balaban J connectivity index is 4.27. The van der Waals surface area contributed by atoms with E-state index >= 15 is 0 Å². The molecular weight excluding hydrogens is 224 g/mol. The van der Waals surface area contributed by atoms with Crippen LogP contribution in [0.1, 0.15) is 0 Å². The van der Waals surface area contributed by atoms with Gasteiger partial charge >= 0.3 is 12.2 Å². The lowest BCUT2D eigenvalue weighted by Gasteiger charge is -2.22. The molecule has 1 nitrogen and oxygen atoms in total. The molecule has 0 heterocycles. The van der Waals surface area contributed by atoms with Crippen LogP contribution in [0.5, 0.6) is 0 Å². The van der Waals surface area contributed by atoms with E-state index in [-0.39, 0.29) is 5.88 Å². The van der Waals surface area contributed by atoms with Crippen molar-refractivity contribution in [2.24, 2.45) is 0 Å². The fourth-order valence-corrected chi connectivity index (χ4v) is 0.604. The summed E-state index contributed by atoms with van der Waals surface area (Å²) in [5.74, 6) is -0.333. The summed E-state index contributed by atoms with van der Waals surface area (Å²) in [5.41, 5.74) is 0. The van der Waals surface area contributed by atoms with E-state index in [0.717, 1.165) is 5.32 Å². The molecule has 1 N–H and O–H groups in total. The van der Waals surface area contributed by atoms with Gasteiger partial charge in [-0.15, -0.1) is 11.6 Å². The maximum absolute atomic E-state index is 12.2. The molecule has 1 unspecified atom stereocenters. The maximum atomic E-state index is 12.2. The van der Waals surface area contributed by atoms with Crippen molar-refractivity contribution in [1.29, 1.82) is 0 Å². The largest absolute Gasteiger partial charge is 0.427 e. The molecule has 0 aromatic rings. The second-order valence-electron chi connectivity index (χ2n) is 2.14. The molecule has 0 radical (unpaired) electrons. The van der Waals surface area contributed by atoms with Crippen molar-refractivity contribution in [3.8, 4) is 0 Å². The molecule has 0 rings (SSSR count). The highest BCUT2D eigenvalue weighted by molar-refractivity contribution is 6.18. The zero-order chi connectivity index (χ0) is 10.7. The van der Waals surface area contributed by atoms with Crippen LogP contribution >= 0.6 is 11.6 Å². The van der Waals surface area contributed by atoms with Gasteiger partial charge in [-0.25, -0.2) is 4.39 Å². The third-order valence-corrected chi connectivity index (χ3v) is 1.25. The average Bonchev–Trinajstić information content (AvgIpc) is 1.98. The highest BCUT2D eigenvalue weighted by Crippen LogP contribution is 2.32. The van der Waals surface area contributed by atoms with Gasteiger partial charge in [-0.1, -0.05) is 0 Å². The fourth-order valence-electron chi connectivity index (χ4n) is 0.509. The van der Waals surface area contributed by atoms with E-state index in [4.69, 9.17) is 11.6 Å². The Morgan fingerprint density at radius 3 is 1.92 bits per heavy atom. The van der Waals surface area contributed by atoms with Crippen LogP contribution < -0.4 is 5.32 Å². The SMILES string of the molecule is FC(C(F)(F)F)C(F)(F)NCCCl. The van der Waals surface area contributed by atoms with Gasteiger partial charge in [0.1, 0.15) is 0 Å². The molecule has 0 saturated heterocycles. The first kappa shape index (κ1) is 12.8. The van der Waals surface area contributed by atoms with Crippen LogP contribution in [0.15, 0.2) is 0 Å². The Labute approximate surface area is 75.0 Å². The molecule has 80 valence electrons. The fraction of sp³-hybridized carbons (Fsp3) is 1.00. The van der Waals surface area contributed by atoms with E-state index < -0.39 is 24.9 Å². The van der Waals surface area contributed by atoms with Crippen molar-refractivity contribution >= 4 is 11.6 Å². The van der Waals surface area contributed by atoms with Crippen LogP contribution in [-0.4, -0.2) is 30.8 Å². The van der Waals surface area contributed by atoms with Crippen molar-refractivity contribution in [1.82, 2.24) is 5.32 Å². The number of rotatable bonds is 4. The maximum Gasteiger partial charge on any atom is 0.427 e. The number of hydrogen-bond donors (Lipinski definition) is 1. The van der Waals surface area contributed by atoms with Crippen LogP contribution in [0.4, 0.5) is 26.3 Å². The van der Waals surface area contributed by atoms with Gasteiger partial charge in [-0.3, -0.25) is 5.32 Å². The molecule has 0 spiro atoms. The zero-order valence-corrected chi connectivity index (χ0v) is 6.89. The normalized spacial score (nSPS) is 15.9. The van der Waals surface area contributed by atoms with E-state index in [1.54, 1.807) is 0 Å². The molecule has 0 amide bonds. The molecule has 13 heavy (non-hydrogen) atoms. The summed E-state index contributed by atoms with van der Waals surface area (Å²) in [6, 6.07) is -4.63. The molecule has 1 atom stereocenters. The quantitative estimate of drug-likeness (QED) is 0.443. The number of nitrogens with one attached hydrogen (secondary N) is 1. The molecule has 0 saturated carbocycles. The lowest BCUT2D eigenvalue weighted by molar-refractivity contribution is -0.252. The second kappa shape index (κ2) is 4.36. The van der Waals surface area contributed by atoms with Crippen molar-refractivity contribution < 1.29 is 26.3 Å². The molecule has 8 heteroatoms. The Morgan fingerprint density at radius 1 is 1.15 bits per heavy atom. The van der Waals surface area contributed by atoms with Crippen molar-refractivity contribution in [3.05, 3.63) is 0 Å². The summed E-state index contributed by atoms with van der Waals surface area (Å²) in [7, 11) is 0. The van der Waals surface area contributed by atoms with Gasteiger partial charge in [0, 0.05) is 12.4 Å². The topological polar surface area (TPSA) is 12.0 Å². The standard InChI is InChI=1S/C5H6ClF6N/c6-1-2-13-5(11,12)3(7)4(8,9)10/h3,13H,1-2H2. The summed E-state index contributed by atoms with van der Waals surface area (Å²) in [6.45, 7) is -0.606. The average molecular weight is 230 g/mol. The van der Waals surface area contributed by atoms with Gasteiger partial charge in [-0.2, -0.15) is 22.0 Å². The van der Waals surface area contributed by atoms with Gasteiger partial charge in [0.25, 0.3) is 6.17 Å². The van der Waals surface area contributed by atoms with E-state index in [1.165, 1.54) is 0 Å². The van der Waals surface area contributed by atoms with Crippen molar-refractivity contribution in [3.63, 3.8) is 0 Å². The van der Waals surface area contributed by atoms with Crippen LogP contribution in [0, 0.1) is 0 Å². The highest BCUT2D eigenvalue weighted by Gasteiger charge is 2.56. The molecule has 0 aliphatic heterocycles. The van der Waals surface area contributed by atoms with E-state index in [9.17, 15) is 26.3 Å². The van der Waals surface area contributed by atoms with E-state index in [0.29, 0.717) is 0 Å². The highest BCUT2D eigenvalue weighted by atomic mass is 35.5. The van der Waals surface area contributed by atoms with Crippen LogP contribution in [-0.2, 0) is 0 Å². The number of halogens is 7. The van der Waals surface area contributed by atoms with Crippen LogP contribution in [0.3, 0.4) is 0 Å². The Morgan fingerprint density at radius 2 is 1.62 bits per heavy atom. The summed E-state index contributed by atoms with van der Waals surface area (Å²) in [5, 5.41) is 1.05. The Bertz CT molecular complexity index is 158. The van der Waals surface area contributed by atoms with Crippen molar-refractivity contribution in [2.45, 2.75) is 18.4 Å². The number of hydrogen-bond acceptors (Lipinski definition) is 1. The number of alkyl halides is 7. The third kappa shape index (κ3) is 4.04. The molecule has 0 aliphatic carbocycles. The molecular formula is C5H6ClF6N. The van der Waals surface area contributed by atoms with Gasteiger partial charge in [-0.05, 0) is 0 Å². The molecule has 0 aromatic heterocycles. The van der Waals surface area contributed by atoms with Crippen LogP contribution in [0.25, 0.3) is 0 Å². The summed E-state index contributed by atoms with van der Waals surface area (Å²) in [6.07, 6.45) is -9.80. The third-order valence-electron chi connectivity index (χ3n) is 1.06. The van der Waals surface area contributed by atoms with Gasteiger partial charge in [0.2, 0.25) is 0 Å². The van der Waals surface area contributed by atoms with Crippen LogP contribution in [0.2, 0.25) is 0 Å². The Hall–Kier alpha value is -0.170.